The summed E-state index contributed by atoms with van der Waals surface area (Å²) in [5.74, 6) is 0.400. The molecule has 2 aromatic rings. The number of halogens is 1. The number of hydrogen-bond donors (Lipinski definition) is 3. The highest BCUT2D eigenvalue weighted by atomic mass is 79.9. The molecule has 160 valence electrons. The van der Waals surface area contributed by atoms with E-state index in [0.717, 1.165) is 22.9 Å². The molecule has 0 aliphatic heterocycles. The zero-order valence-electron chi connectivity index (χ0n) is 16.8. The van der Waals surface area contributed by atoms with Gasteiger partial charge in [0.15, 0.2) is 11.7 Å². The van der Waals surface area contributed by atoms with E-state index in [1.54, 1.807) is 30.3 Å². The maximum Gasteiger partial charge on any atom is 0.276 e. The topological polar surface area (TPSA) is 88.7 Å². The zero-order valence-corrected chi connectivity index (χ0v) is 19.2. The minimum atomic E-state index is -0.449. The van der Waals surface area contributed by atoms with Crippen molar-refractivity contribution >= 4 is 45.1 Å². The molecule has 0 atom stereocenters. The van der Waals surface area contributed by atoms with Gasteiger partial charge < -0.3 is 9.47 Å². The minimum Gasteiger partial charge on any atom is -0.494 e. The van der Waals surface area contributed by atoms with Crippen molar-refractivity contribution in [2.75, 3.05) is 13.2 Å². The number of carbonyl (C=O) groups excluding carboxylic acids is 2. The van der Waals surface area contributed by atoms with Crippen molar-refractivity contribution < 1.29 is 19.1 Å². The first-order chi connectivity index (χ1) is 14.4. The van der Waals surface area contributed by atoms with Crippen molar-refractivity contribution in [3.63, 3.8) is 0 Å². The van der Waals surface area contributed by atoms with Crippen LogP contribution >= 0.6 is 28.1 Å². The van der Waals surface area contributed by atoms with Gasteiger partial charge in [0.05, 0.1) is 11.1 Å². The van der Waals surface area contributed by atoms with Crippen LogP contribution in [0.2, 0.25) is 0 Å². The number of benzene rings is 2. The number of hydrazine groups is 1. The summed E-state index contributed by atoms with van der Waals surface area (Å²) in [6, 6.07) is 12.4. The van der Waals surface area contributed by atoms with Gasteiger partial charge in [-0.15, -0.1) is 0 Å². The maximum atomic E-state index is 12.2. The summed E-state index contributed by atoms with van der Waals surface area (Å²) in [5.41, 5.74) is 6.43. The van der Waals surface area contributed by atoms with Crippen LogP contribution in [0.25, 0.3) is 0 Å². The van der Waals surface area contributed by atoms with Gasteiger partial charge in [-0.05, 0) is 83.0 Å². The van der Waals surface area contributed by atoms with E-state index in [2.05, 4.69) is 39.0 Å². The summed E-state index contributed by atoms with van der Waals surface area (Å²) < 4.78 is 11.7. The van der Waals surface area contributed by atoms with Crippen LogP contribution in [0.1, 0.15) is 36.2 Å². The third-order valence-corrected chi connectivity index (χ3v) is 4.72. The van der Waals surface area contributed by atoms with Crippen LogP contribution < -0.4 is 25.6 Å². The highest BCUT2D eigenvalue weighted by molar-refractivity contribution is 9.10. The molecule has 2 rings (SSSR count). The van der Waals surface area contributed by atoms with Crippen molar-refractivity contribution in [1.29, 1.82) is 0 Å². The average Bonchev–Trinajstić information content (AvgIpc) is 2.75. The lowest BCUT2D eigenvalue weighted by molar-refractivity contribution is -0.123. The molecule has 0 spiro atoms. The molecule has 3 N–H and O–H groups in total. The molecule has 0 aromatic heterocycles. The lowest BCUT2D eigenvalue weighted by atomic mass is 10.2. The fraction of sp³-hybridized carbons (Fsp3) is 0.286. The Morgan fingerprint density at radius 1 is 1.03 bits per heavy atom. The largest absolute Gasteiger partial charge is 0.494 e. The van der Waals surface area contributed by atoms with Crippen molar-refractivity contribution in [2.45, 2.75) is 26.7 Å². The quantitative estimate of drug-likeness (QED) is 0.385. The normalized spacial score (nSPS) is 10.1. The number of aryl methyl sites for hydroxylation is 1. The summed E-state index contributed by atoms with van der Waals surface area (Å²) in [5, 5.41) is 2.45. The lowest BCUT2D eigenvalue weighted by Gasteiger charge is -2.12. The Bertz CT molecular complexity index is 890. The molecule has 2 aromatic carbocycles. The predicted octanol–water partition coefficient (Wildman–Crippen LogP) is 3.51. The average molecular weight is 494 g/mol. The molecule has 0 aliphatic rings. The van der Waals surface area contributed by atoms with Crippen LogP contribution in [0.4, 0.5) is 0 Å². The fourth-order valence-corrected chi connectivity index (χ4v) is 3.00. The van der Waals surface area contributed by atoms with Gasteiger partial charge >= 0.3 is 0 Å². The SMILES string of the molecule is CCCOc1ccc(C(=O)NC(=S)NNC(=O)COc2ccc(CC)cc2Br)cc1. The third kappa shape index (κ3) is 7.64. The molecular weight excluding hydrogens is 470 g/mol. The Labute approximate surface area is 189 Å². The Balaban J connectivity index is 1.74. The summed E-state index contributed by atoms with van der Waals surface area (Å²) in [6.07, 6.45) is 1.81. The molecule has 0 heterocycles. The first-order valence-electron chi connectivity index (χ1n) is 9.47. The van der Waals surface area contributed by atoms with Gasteiger partial charge in [0.25, 0.3) is 11.8 Å². The minimum absolute atomic E-state index is 0.0341. The highest BCUT2D eigenvalue weighted by Crippen LogP contribution is 2.26. The van der Waals surface area contributed by atoms with Gasteiger partial charge in [-0.1, -0.05) is 19.9 Å². The van der Waals surface area contributed by atoms with E-state index in [-0.39, 0.29) is 11.7 Å². The van der Waals surface area contributed by atoms with Gasteiger partial charge in [0.2, 0.25) is 0 Å². The number of hydrogen-bond acceptors (Lipinski definition) is 5. The van der Waals surface area contributed by atoms with Crippen molar-refractivity contribution in [2.24, 2.45) is 0 Å². The molecule has 0 fully saturated rings. The smallest absolute Gasteiger partial charge is 0.276 e. The van der Waals surface area contributed by atoms with Crippen LogP contribution in [0, 0.1) is 0 Å². The van der Waals surface area contributed by atoms with E-state index < -0.39 is 11.8 Å². The van der Waals surface area contributed by atoms with Gasteiger partial charge in [0, 0.05) is 5.56 Å². The second-order valence-corrected chi connectivity index (χ2v) is 7.50. The second-order valence-electron chi connectivity index (χ2n) is 6.24. The van der Waals surface area contributed by atoms with Crippen molar-refractivity contribution in [1.82, 2.24) is 16.2 Å². The standard InChI is InChI=1S/C21H24BrN3O4S/c1-3-11-28-16-8-6-15(7-9-16)20(27)23-21(30)25-24-19(26)13-29-18-10-5-14(4-2)12-17(18)22/h5-10,12H,3-4,11,13H2,1-2H3,(H,24,26)(H2,23,25,27,30). The summed E-state index contributed by atoms with van der Waals surface area (Å²) in [4.78, 5) is 24.1. The molecule has 0 radical (unpaired) electrons. The molecular formula is C21H24BrN3O4S. The first-order valence-corrected chi connectivity index (χ1v) is 10.7. The maximum absolute atomic E-state index is 12.2. The summed E-state index contributed by atoms with van der Waals surface area (Å²) in [7, 11) is 0. The van der Waals surface area contributed by atoms with Crippen LogP contribution in [-0.4, -0.2) is 30.1 Å². The molecule has 0 saturated carbocycles. The third-order valence-electron chi connectivity index (χ3n) is 3.90. The Morgan fingerprint density at radius 3 is 2.40 bits per heavy atom. The van der Waals surface area contributed by atoms with Crippen LogP contribution in [0.15, 0.2) is 46.9 Å². The number of nitrogens with one attached hydrogen (secondary N) is 3. The van der Waals surface area contributed by atoms with Gasteiger partial charge in [-0.3, -0.25) is 25.8 Å². The van der Waals surface area contributed by atoms with E-state index in [9.17, 15) is 9.59 Å². The number of rotatable bonds is 8. The molecule has 2 amide bonds. The van der Waals surface area contributed by atoms with E-state index in [4.69, 9.17) is 21.7 Å². The number of amides is 2. The number of thiocarbonyl (C=S) groups is 1. The van der Waals surface area contributed by atoms with Crippen LogP contribution in [-0.2, 0) is 11.2 Å². The molecule has 0 unspecified atom stereocenters. The Hall–Kier alpha value is -2.65. The van der Waals surface area contributed by atoms with E-state index in [1.165, 1.54) is 0 Å². The number of ether oxygens (including phenoxy) is 2. The second kappa shape index (κ2) is 12.1. The van der Waals surface area contributed by atoms with Gasteiger partial charge in [0.1, 0.15) is 11.5 Å². The zero-order chi connectivity index (χ0) is 21.9. The molecule has 30 heavy (non-hydrogen) atoms. The van der Waals surface area contributed by atoms with E-state index >= 15 is 0 Å². The molecule has 0 bridgehead atoms. The van der Waals surface area contributed by atoms with Crippen molar-refractivity contribution in [3.8, 4) is 11.5 Å². The Morgan fingerprint density at radius 2 is 1.77 bits per heavy atom. The molecule has 7 nitrogen and oxygen atoms in total. The van der Waals surface area contributed by atoms with Gasteiger partial charge in [-0.25, -0.2) is 0 Å². The monoisotopic (exact) mass is 493 g/mol. The Kier molecular flexibility index (Phi) is 9.56. The molecule has 0 aliphatic carbocycles. The molecule has 0 saturated heterocycles. The first kappa shape index (κ1) is 23.6. The molecule has 9 heteroatoms. The van der Waals surface area contributed by atoms with Crippen LogP contribution in [0.3, 0.4) is 0 Å². The van der Waals surface area contributed by atoms with Crippen molar-refractivity contribution in [3.05, 3.63) is 58.1 Å². The fourth-order valence-electron chi connectivity index (χ4n) is 2.32. The highest BCUT2D eigenvalue weighted by Gasteiger charge is 2.10. The van der Waals surface area contributed by atoms with E-state index in [1.807, 2.05) is 19.1 Å². The van der Waals surface area contributed by atoms with Gasteiger partial charge in [-0.2, -0.15) is 0 Å². The lowest BCUT2D eigenvalue weighted by Crippen LogP contribution is -2.49. The predicted molar refractivity (Wildman–Crippen MR) is 123 cm³/mol. The number of carbonyl (C=O) groups is 2. The summed E-state index contributed by atoms with van der Waals surface area (Å²) >= 11 is 8.44. The van der Waals surface area contributed by atoms with Crippen LogP contribution in [0.5, 0.6) is 11.5 Å². The van der Waals surface area contributed by atoms with E-state index in [0.29, 0.717) is 23.7 Å². The summed E-state index contributed by atoms with van der Waals surface area (Å²) in [6.45, 7) is 4.47.